The molecule has 0 aromatic carbocycles. The fourth-order valence-corrected chi connectivity index (χ4v) is 2.92. The van der Waals surface area contributed by atoms with E-state index in [1.54, 1.807) is 0 Å². The van der Waals surface area contributed by atoms with Gasteiger partial charge in [-0.2, -0.15) is 0 Å². The van der Waals surface area contributed by atoms with Gasteiger partial charge in [0.05, 0.1) is 6.04 Å². The van der Waals surface area contributed by atoms with Gasteiger partial charge in [-0.1, -0.05) is 20.3 Å². The Morgan fingerprint density at radius 2 is 1.88 bits per heavy atom. The quantitative estimate of drug-likeness (QED) is 0.774. The first-order chi connectivity index (χ1) is 8.07. The number of piperidine rings is 1. The van der Waals surface area contributed by atoms with Crippen LogP contribution in [0.4, 0.5) is 0 Å². The van der Waals surface area contributed by atoms with Crippen LogP contribution in [0.25, 0.3) is 0 Å². The average molecular weight is 238 g/mol. The van der Waals surface area contributed by atoms with Gasteiger partial charge in [-0.15, -0.1) is 0 Å². The van der Waals surface area contributed by atoms with Gasteiger partial charge in [-0.25, -0.2) is 0 Å². The molecule has 0 spiro atoms. The largest absolute Gasteiger partial charge is 0.352 e. The van der Waals surface area contributed by atoms with E-state index in [1.807, 2.05) is 0 Å². The third-order valence-corrected chi connectivity index (χ3v) is 4.31. The summed E-state index contributed by atoms with van der Waals surface area (Å²) in [5, 5.41) is 6.54. The summed E-state index contributed by atoms with van der Waals surface area (Å²) >= 11 is 0. The zero-order valence-corrected chi connectivity index (χ0v) is 11.2. The zero-order valence-electron chi connectivity index (χ0n) is 11.2. The third-order valence-electron chi connectivity index (χ3n) is 4.31. The van der Waals surface area contributed by atoms with Gasteiger partial charge in [0.25, 0.3) is 0 Å². The highest BCUT2D eigenvalue weighted by Gasteiger charge is 2.29. The molecule has 0 aromatic heterocycles. The molecule has 0 bridgehead atoms. The molecule has 17 heavy (non-hydrogen) atoms. The maximum Gasteiger partial charge on any atom is 0.237 e. The van der Waals surface area contributed by atoms with E-state index in [1.165, 1.54) is 25.7 Å². The van der Waals surface area contributed by atoms with Crippen LogP contribution < -0.4 is 10.6 Å². The number of carbonyl (C=O) groups is 1. The summed E-state index contributed by atoms with van der Waals surface area (Å²) in [5.41, 5.74) is 0.477. The molecule has 0 radical (unpaired) electrons. The predicted molar refractivity (Wildman–Crippen MR) is 69.8 cm³/mol. The summed E-state index contributed by atoms with van der Waals surface area (Å²) in [6.45, 7) is 5.65. The van der Waals surface area contributed by atoms with E-state index in [4.69, 9.17) is 0 Å². The van der Waals surface area contributed by atoms with E-state index in [-0.39, 0.29) is 11.9 Å². The van der Waals surface area contributed by atoms with Crippen LogP contribution in [0.15, 0.2) is 0 Å². The van der Waals surface area contributed by atoms with Gasteiger partial charge in [-0.05, 0) is 50.5 Å². The van der Waals surface area contributed by atoms with Crippen molar-refractivity contribution in [3.05, 3.63) is 0 Å². The standard InChI is InChI=1S/C14H26N2O/c1-14(2)8-6-11(7-9-14)16-13(17)12-5-3-4-10-15-12/h11-12,15H,3-10H2,1-2H3,(H,16,17)/t12-/m1/s1. The Kier molecular flexibility index (Phi) is 4.08. The number of hydrogen-bond donors (Lipinski definition) is 2. The Morgan fingerprint density at radius 3 is 2.47 bits per heavy atom. The molecule has 3 nitrogen and oxygen atoms in total. The van der Waals surface area contributed by atoms with E-state index in [2.05, 4.69) is 24.5 Å². The Labute approximate surface area is 105 Å². The molecule has 2 aliphatic rings. The van der Waals surface area contributed by atoms with Crippen LogP contribution in [0.3, 0.4) is 0 Å². The smallest absolute Gasteiger partial charge is 0.237 e. The van der Waals surface area contributed by atoms with Gasteiger partial charge in [0.2, 0.25) is 5.91 Å². The zero-order chi connectivity index (χ0) is 12.3. The second-order valence-electron chi connectivity index (χ2n) is 6.45. The van der Waals surface area contributed by atoms with Crippen LogP contribution in [0, 0.1) is 5.41 Å². The first-order valence-electron chi connectivity index (χ1n) is 7.11. The minimum absolute atomic E-state index is 0.0682. The number of carbonyl (C=O) groups excluding carboxylic acids is 1. The van der Waals surface area contributed by atoms with Crippen molar-refractivity contribution in [2.75, 3.05) is 6.54 Å². The molecule has 1 saturated carbocycles. The summed E-state index contributed by atoms with van der Waals surface area (Å²) in [6, 6.07) is 0.484. The van der Waals surface area contributed by atoms with Crippen molar-refractivity contribution in [2.45, 2.75) is 70.9 Å². The molecule has 1 amide bonds. The van der Waals surface area contributed by atoms with Crippen molar-refractivity contribution in [3.8, 4) is 0 Å². The molecular formula is C14H26N2O. The summed E-state index contributed by atoms with van der Waals surface area (Å²) in [5.74, 6) is 0.231. The van der Waals surface area contributed by atoms with Crippen LogP contribution in [-0.4, -0.2) is 24.5 Å². The highest BCUT2D eigenvalue weighted by molar-refractivity contribution is 5.82. The Bertz CT molecular complexity index is 259. The SMILES string of the molecule is CC1(C)CCC(NC(=O)[C@H]2CCCCN2)CC1. The van der Waals surface area contributed by atoms with E-state index < -0.39 is 0 Å². The molecule has 98 valence electrons. The number of nitrogens with one attached hydrogen (secondary N) is 2. The lowest BCUT2D eigenvalue weighted by atomic mass is 9.75. The first-order valence-corrected chi connectivity index (χ1v) is 7.11. The van der Waals surface area contributed by atoms with Crippen molar-refractivity contribution < 1.29 is 4.79 Å². The normalized spacial score (nSPS) is 29.9. The summed E-state index contributed by atoms with van der Waals surface area (Å²) in [6.07, 6.45) is 8.15. The number of rotatable bonds is 2. The molecule has 1 atom stereocenters. The molecule has 2 N–H and O–H groups in total. The number of amides is 1. The molecule has 1 aliphatic carbocycles. The fraction of sp³-hybridized carbons (Fsp3) is 0.929. The third kappa shape index (κ3) is 3.70. The molecule has 1 aliphatic heterocycles. The van der Waals surface area contributed by atoms with Gasteiger partial charge in [0.15, 0.2) is 0 Å². The van der Waals surface area contributed by atoms with Crippen molar-refractivity contribution in [1.29, 1.82) is 0 Å². The molecule has 2 rings (SSSR count). The molecule has 1 heterocycles. The topological polar surface area (TPSA) is 41.1 Å². The molecule has 2 fully saturated rings. The fourth-order valence-electron chi connectivity index (χ4n) is 2.92. The van der Waals surface area contributed by atoms with E-state index >= 15 is 0 Å². The lowest BCUT2D eigenvalue weighted by Crippen LogP contribution is -2.50. The van der Waals surface area contributed by atoms with Gasteiger partial charge < -0.3 is 10.6 Å². The van der Waals surface area contributed by atoms with Crippen LogP contribution in [-0.2, 0) is 4.79 Å². The van der Waals surface area contributed by atoms with Crippen molar-refractivity contribution in [1.82, 2.24) is 10.6 Å². The van der Waals surface area contributed by atoms with E-state index in [9.17, 15) is 4.79 Å². The van der Waals surface area contributed by atoms with Crippen LogP contribution in [0.1, 0.15) is 58.8 Å². The second-order valence-corrected chi connectivity index (χ2v) is 6.45. The highest BCUT2D eigenvalue weighted by Crippen LogP contribution is 2.35. The average Bonchev–Trinajstić information content (AvgIpc) is 2.33. The van der Waals surface area contributed by atoms with Crippen LogP contribution in [0.2, 0.25) is 0 Å². The molecule has 0 unspecified atom stereocenters. The highest BCUT2D eigenvalue weighted by atomic mass is 16.2. The minimum atomic E-state index is 0.0682. The van der Waals surface area contributed by atoms with E-state index in [0.717, 1.165) is 25.8 Å². The molecule has 1 saturated heterocycles. The molecule has 0 aromatic rings. The minimum Gasteiger partial charge on any atom is -0.352 e. The summed E-state index contributed by atoms with van der Waals surface area (Å²) in [7, 11) is 0. The van der Waals surface area contributed by atoms with Crippen molar-refractivity contribution in [3.63, 3.8) is 0 Å². The Balaban J connectivity index is 1.75. The number of hydrogen-bond acceptors (Lipinski definition) is 2. The maximum atomic E-state index is 12.1. The van der Waals surface area contributed by atoms with Crippen LogP contribution >= 0.6 is 0 Å². The lowest BCUT2D eigenvalue weighted by molar-refractivity contribution is -0.124. The molecule has 3 heteroatoms. The summed E-state index contributed by atoms with van der Waals surface area (Å²) in [4.78, 5) is 12.1. The first kappa shape index (κ1) is 12.9. The predicted octanol–water partition coefficient (Wildman–Crippen LogP) is 2.21. The van der Waals surface area contributed by atoms with Crippen LogP contribution in [0.5, 0.6) is 0 Å². The second kappa shape index (κ2) is 5.38. The monoisotopic (exact) mass is 238 g/mol. The van der Waals surface area contributed by atoms with Gasteiger partial charge in [0, 0.05) is 6.04 Å². The van der Waals surface area contributed by atoms with Gasteiger partial charge >= 0.3 is 0 Å². The van der Waals surface area contributed by atoms with Crippen molar-refractivity contribution >= 4 is 5.91 Å². The Hall–Kier alpha value is -0.570. The van der Waals surface area contributed by atoms with Gasteiger partial charge in [0.1, 0.15) is 0 Å². The molecular weight excluding hydrogens is 212 g/mol. The Morgan fingerprint density at radius 1 is 1.18 bits per heavy atom. The lowest BCUT2D eigenvalue weighted by Gasteiger charge is -2.35. The van der Waals surface area contributed by atoms with Gasteiger partial charge in [-0.3, -0.25) is 4.79 Å². The maximum absolute atomic E-state index is 12.1. The van der Waals surface area contributed by atoms with Crippen molar-refractivity contribution in [2.24, 2.45) is 5.41 Å². The van der Waals surface area contributed by atoms with E-state index in [0.29, 0.717) is 11.5 Å². The summed E-state index contributed by atoms with van der Waals surface area (Å²) < 4.78 is 0.